The molecule has 4 nitrogen and oxygen atoms in total. The van der Waals surface area contributed by atoms with Gasteiger partial charge in [0.05, 0.1) is 10.7 Å². The van der Waals surface area contributed by atoms with Gasteiger partial charge in [-0.15, -0.1) is 0 Å². The van der Waals surface area contributed by atoms with Crippen LogP contribution in [0, 0.1) is 5.92 Å². The Labute approximate surface area is 123 Å². The lowest BCUT2D eigenvalue weighted by molar-refractivity contribution is -0.134. The van der Waals surface area contributed by atoms with E-state index in [9.17, 15) is 9.59 Å². The summed E-state index contributed by atoms with van der Waals surface area (Å²) in [6.07, 6.45) is 2.58. The minimum Gasteiger partial charge on any atom is -0.342 e. The molecule has 0 radical (unpaired) electrons. The van der Waals surface area contributed by atoms with Crippen LogP contribution in [-0.2, 0) is 9.59 Å². The molecule has 3 rings (SSSR count). The number of amides is 2. The number of anilines is 1. The summed E-state index contributed by atoms with van der Waals surface area (Å²) in [5.74, 6) is 0.171. The Morgan fingerprint density at radius 3 is 2.60 bits per heavy atom. The molecule has 1 saturated heterocycles. The topological polar surface area (TPSA) is 49.4 Å². The van der Waals surface area contributed by atoms with Crippen molar-refractivity contribution in [2.24, 2.45) is 5.92 Å². The predicted octanol–water partition coefficient (Wildman–Crippen LogP) is 2.36. The van der Waals surface area contributed by atoms with Gasteiger partial charge in [0, 0.05) is 0 Å². The Hall–Kier alpha value is -1.55. The van der Waals surface area contributed by atoms with Crippen molar-refractivity contribution in [3.63, 3.8) is 0 Å². The summed E-state index contributed by atoms with van der Waals surface area (Å²) in [7, 11) is 0. The van der Waals surface area contributed by atoms with Gasteiger partial charge in [-0.25, -0.2) is 0 Å². The fourth-order valence-corrected chi connectivity index (χ4v) is 3.01. The highest BCUT2D eigenvalue weighted by molar-refractivity contribution is 6.34. The van der Waals surface area contributed by atoms with E-state index in [0.717, 1.165) is 12.8 Å². The van der Waals surface area contributed by atoms with Crippen molar-refractivity contribution in [2.75, 3.05) is 4.90 Å². The standard InChI is InChI=1S/C15H17ClN2O2/c1-2-11-14(19)17-13(9-7-8-9)15(20)18(11)12-6-4-3-5-10(12)16/h3-6,9,11,13H,2,7-8H2,1H3,(H,17,19). The molecule has 1 N–H and O–H groups in total. The van der Waals surface area contributed by atoms with Crippen LogP contribution in [0.5, 0.6) is 0 Å². The zero-order chi connectivity index (χ0) is 14.3. The van der Waals surface area contributed by atoms with Crippen LogP contribution < -0.4 is 10.2 Å². The van der Waals surface area contributed by atoms with Gasteiger partial charge in [-0.05, 0) is 37.3 Å². The van der Waals surface area contributed by atoms with Gasteiger partial charge in [-0.2, -0.15) is 0 Å². The summed E-state index contributed by atoms with van der Waals surface area (Å²) in [4.78, 5) is 26.6. The third-order valence-electron chi connectivity index (χ3n) is 4.01. The number of nitrogens with one attached hydrogen (secondary N) is 1. The van der Waals surface area contributed by atoms with E-state index in [2.05, 4.69) is 5.32 Å². The van der Waals surface area contributed by atoms with Gasteiger partial charge in [0.25, 0.3) is 5.91 Å². The van der Waals surface area contributed by atoms with Crippen molar-refractivity contribution in [2.45, 2.75) is 38.3 Å². The van der Waals surface area contributed by atoms with Gasteiger partial charge in [-0.1, -0.05) is 30.7 Å². The normalized spacial score (nSPS) is 26.6. The molecule has 1 aliphatic carbocycles. The van der Waals surface area contributed by atoms with Crippen molar-refractivity contribution in [1.29, 1.82) is 0 Å². The molecule has 106 valence electrons. The van der Waals surface area contributed by atoms with E-state index < -0.39 is 6.04 Å². The van der Waals surface area contributed by atoms with Crippen molar-refractivity contribution in [3.8, 4) is 0 Å². The molecule has 2 fully saturated rings. The molecule has 2 atom stereocenters. The second-order valence-electron chi connectivity index (χ2n) is 5.41. The first-order chi connectivity index (χ1) is 9.63. The Bertz CT molecular complexity index is 557. The largest absolute Gasteiger partial charge is 0.342 e. The van der Waals surface area contributed by atoms with Gasteiger partial charge in [0.15, 0.2) is 0 Å². The van der Waals surface area contributed by atoms with Crippen LogP contribution in [0.4, 0.5) is 5.69 Å². The van der Waals surface area contributed by atoms with Crippen LogP contribution in [0.1, 0.15) is 26.2 Å². The third-order valence-corrected chi connectivity index (χ3v) is 4.33. The molecule has 2 amide bonds. The fourth-order valence-electron chi connectivity index (χ4n) is 2.78. The van der Waals surface area contributed by atoms with Crippen LogP contribution in [0.15, 0.2) is 24.3 Å². The van der Waals surface area contributed by atoms with E-state index >= 15 is 0 Å². The van der Waals surface area contributed by atoms with Gasteiger partial charge in [0.2, 0.25) is 5.91 Å². The van der Waals surface area contributed by atoms with Crippen molar-refractivity contribution >= 4 is 29.1 Å². The highest BCUT2D eigenvalue weighted by atomic mass is 35.5. The van der Waals surface area contributed by atoms with Crippen LogP contribution in [0.3, 0.4) is 0 Å². The van der Waals surface area contributed by atoms with E-state index in [1.807, 2.05) is 19.1 Å². The Morgan fingerprint density at radius 2 is 2.00 bits per heavy atom. The highest BCUT2D eigenvalue weighted by Crippen LogP contribution is 2.37. The number of hydrogen-bond acceptors (Lipinski definition) is 2. The number of para-hydroxylation sites is 1. The smallest absolute Gasteiger partial charge is 0.250 e. The first-order valence-electron chi connectivity index (χ1n) is 7.01. The number of benzene rings is 1. The Kier molecular flexibility index (Phi) is 3.42. The number of piperazine rings is 1. The van der Waals surface area contributed by atoms with E-state index in [1.54, 1.807) is 17.0 Å². The number of carbonyl (C=O) groups excluding carboxylic acids is 2. The molecule has 1 saturated carbocycles. The molecule has 0 bridgehead atoms. The molecule has 1 heterocycles. The lowest BCUT2D eigenvalue weighted by atomic mass is 10.0. The van der Waals surface area contributed by atoms with Crippen LogP contribution in [0.25, 0.3) is 0 Å². The number of halogens is 1. The molecule has 1 aromatic carbocycles. The molecule has 2 unspecified atom stereocenters. The van der Waals surface area contributed by atoms with Crippen LogP contribution in [-0.4, -0.2) is 23.9 Å². The molecule has 1 aliphatic heterocycles. The quantitative estimate of drug-likeness (QED) is 0.930. The SMILES string of the molecule is CCC1C(=O)NC(C2CC2)C(=O)N1c1ccccc1Cl. The van der Waals surface area contributed by atoms with Gasteiger partial charge in [-0.3, -0.25) is 14.5 Å². The van der Waals surface area contributed by atoms with Crippen molar-refractivity contribution < 1.29 is 9.59 Å². The summed E-state index contributed by atoms with van der Waals surface area (Å²) in [6.45, 7) is 1.90. The van der Waals surface area contributed by atoms with Gasteiger partial charge in [0.1, 0.15) is 12.1 Å². The first-order valence-corrected chi connectivity index (χ1v) is 7.39. The molecule has 2 aliphatic rings. The summed E-state index contributed by atoms with van der Waals surface area (Å²) in [5.41, 5.74) is 0.631. The maximum absolute atomic E-state index is 12.7. The summed E-state index contributed by atoms with van der Waals surface area (Å²) >= 11 is 6.21. The lowest BCUT2D eigenvalue weighted by Gasteiger charge is -2.39. The fraction of sp³-hybridized carbons (Fsp3) is 0.467. The minimum absolute atomic E-state index is 0.0351. The first kappa shape index (κ1) is 13.4. The number of nitrogens with zero attached hydrogens (tertiary/aromatic N) is 1. The maximum Gasteiger partial charge on any atom is 0.250 e. The summed E-state index contributed by atoms with van der Waals surface area (Å²) in [6, 6.07) is 6.33. The predicted molar refractivity (Wildman–Crippen MR) is 77.7 cm³/mol. The zero-order valence-electron chi connectivity index (χ0n) is 11.3. The van der Waals surface area contributed by atoms with E-state index in [-0.39, 0.29) is 23.8 Å². The molecular formula is C15H17ClN2O2. The lowest BCUT2D eigenvalue weighted by Crippen LogP contribution is -2.64. The van der Waals surface area contributed by atoms with Gasteiger partial charge >= 0.3 is 0 Å². The minimum atomic E-state index is -0.475. The van der Waals surface area contributed by atoms with Gasteiger partial charge < -0.3 is 5.32 Å². The number of hydrogen-bond donors (Lipinski definition) is 1. The second kappa shape index (κ2) is 5.09. The second-order valence-corrected chi connectivity index (χ2v) is 5.81. The summed E-state index contributed by atoms with van der Waals surface area (Å²) in [5, 5.41) is 3.38. The molecule has 0 aromatic heterocycles. The zero-order valence-corrected chi connectivity index (χ0v) is 12.1. The third kappa shape index (κ3) is 2.18. The molecule has 1 aromatic rings. The van der Waals surface area contributed by atoms with Crippen LogP contribution in [0.2, 0.25) is 5.02 Å². The van der Waals surface area contributed by atoms with E-state index in [4.69, 9.17) is 11.6 Å². The van der Waals surface area contributed by atoms with Crippen molar-refractivity contribution in [1.82, 2.24) is 5.32 Å². The van der Waals surface area contributed by atoms with Crippen LogP contribution >= 0.6 is 11.6 Å². The number of rotatable bonds is 3. The Balaban J connectivity index is 2.01. The monoisotopic (exact) mass is 292 g/mol. The highest BCUT2D eigenvalue weighted by Gasteiger charge is 2.47. The summed E-state index contributed by atoms with van der Waals surface area (Å²) < 4.78 is 0. The van der Waals surface area contributed by atoms with E-state index in [1.165, 1.54) is 0 Å². The molecular weight excluding hydrogens is 276 g/mol. The maximum atomic E-state index is 12.7. The Morgan fingerprint density at radius 1 is 1.30 bits per heavy atom. The van der Waals surface area contributed by atoms with Crippen molar-refractivity contribution in [3.05, 3.63) is 29.3 Å². The average molecular weight is 293 g/mol. The van der Waals surface area contributed by atoms with E-state index in [0.29, 0.717) is 17.1 Å². The number of carbonyl (C=O) groups is 2. The average Bonchev–Trinajstić information content (AvgIpc) is 3.26. The molecule has 0 spiro atoms. The molecule has 20 heavy (non-hydrogen) atoms. The molecule has 5 heteroatoms.